The average Bonchev–Trinajstić information content (AvgIpc) is 3.37. The molecule has 2 aromatic rings. The minimum atomic E-state index is 0.0377. The van der Waals surface area contributed by atoms with Crippen molar-refractivity contribution in [3.05, 3.63) is 36.0 Å². The maximum Gasteiger partial charge on any atom is 0.254 e. The molecule has 1 N–H and O–H groups in total. The number of fused-ring (bicyclic) bond motifs is 1. The number of likely N-dealkylation sites (tertiary alicyclic amines) is 1. The van der Waals surface area contributed by atoms with Gasteiger partial charge < -0.3 is 19.5 Å². The molecule has 1 atom stereocenters. The molecule has 2 fully saturated rings. The van der Waals surface area contributed by atoms with Crippen molar-refractivity contribution in [1.82, 2.24) is 19.7 Å². The zero-order valence-corrected chi connectivity index (χ0v) is 16.4. The Kier molecular flexibility index (Phi) is 5.64. The highest BCUT2D eigenvalue weighted by molar-refractivity contribution is 5.98. The van der Waals surface area contributed by atoms with Gasteiger partial charge in [0, 0.05) is 63.5 Å². The van der Waals surface area contributed by atoms with Crippen LogP contribution in [0.2, 0.25) is 0 Å². The maximum absolute atomic E-state index is 12.9. The van der Waals surface area contributed by atoms with Crippen LogP contribution in [0.4, 0.5) is 0 Å². The molecule has 2 aliphatic rings. The van der Waals surface area contributed by atoms with E-state index < -0.39 is 0 Å². The maximum atomic E-state index is 12.9. The normalized spacial score (nSPS) is 20.6. The first-order valence-corrected chi connectivity index (χ1v) is 10.1. The van der Waals surface area contributed by atoms with Gasteiger partial charge in [-0.05, 0) is 30.0 Å². The number of rotatable bonds is 5. The largest absolute Gasteiger partial charge is 0.379 e. The summed E-state index contributed by atoms with van der Waals surface area (Å²) in [5.74, 6) is 0.121. The van der Waals surface area contributed by atoms with Gasteiger partial charge >= 0.3 is 0 Å². The summed E-state index contributed by atoms with van der Waals surface area (Å²) in [4.78, 5) is 34.5. The Balaban J connectivity index is 1.37. The highest BCUT2D eigenvalue weighted by atomic mass is 16.5. The Labute approximate surface area is 165 Å². The van der Waals surface area contributed by atoms with Crippen LogP contribution in [0.25, 0.3) is 10.9 Å². The van der Waals surface area contributed by atoms with E-state index in [4.69, 9.17) is 4.74 Å². The highest BCUT2D eigenvalue weighted by Crippen LogP contribution is 2.21. The third-order valence-corrected chi connectivity index (χ3v) is 5.86. The molecular formula is C21H28N4O3. The number of benzene rings is 1. The number of nitrogens with one attached hydrogen (secondary N) is 1. The van der Waals surface area contributed by atoms with Crippen molar-refractivity contribution in [2.75, 3.05) is 52.5 Å². The van der Waals surface area contributed by atoms with Crippen LogP contribution in [-0.4, -0.2) is 90.0 Å². The molecule has 28 heavy (non-hydrogen) atoms. The van der Waals surface area contributed by atoms with Crippen molar-refractivity contribution in [3.8, 4) is 0 Å². The second kappa shape index (κ2) is 8.32. The topological polar surface area (TPSA) is 68.9 Å². The van der Waals surface area contributed by atoms with Crippen molar-refractivity contribution in [3.63, 3.8) is 0 Å². The van der Waals surface area contributed by atoms with Crippen LogP contribution in [0.3, 0.4) is 0 Å². The smallest absolute Gasteiger partial charge is 0.254 e. The van der Waals surface area contributed by atoms with E-state index in [-0.39, 0.29) is 17.9 Å². The summed E-state index contributed by atoms with van der Waals surface area (Å²) in [6, 6.07) is 7.85. The molecule has 2 aliphatic heterocycles. The predicted octanol–water partition coefficient (Wildman–Crippen LogP) is 1.56. The van der Waals surface area contributed by atoms with Gasteiger partial charge in [-0.25, -0.2) is 0 Å². The monoisotopic (exact) mass is 384 g/mol. The molecule has 0 aliphatic carbocycles. The molecule has 0 bridgehead atoms. The summed E-state index contributed by atoms with van der Waals surface area (Å²) in [6.07, 6.45) is 2.71. The van der Waals surface area contributed by atoms with E-state index in [1.54, 1.807) is 6.92 Å². The van der Waals surface area contributed by atoms with Crippen LogP contribution >= 0.6 is 0 Å². The molecule has 1 unspecified atom stereocenters. The number of H-pyrrole nitrogens is 1. The van der Waals surface area contributed by atoms with E-state index in [0.717, 1.165) is 50.2 Å². The number of ether oxygens (including phenoxy) is 1. The van der Waals surface area contributed by atoms with Crippen molar-refractivity contribution in [1.29, 1.82) is 0 Å². The van der Waals surface area contributed by atoms with Gasteiger partial charge in [0.05, 0.1) is 19.3 Å². The number of aromatic amines is 1. The zero-order valence-electron chi connectivity index (χ0n) is 16.4. The minimum Gasteiger partial charge on any atom is -0.379 e. The summed E-state index contributed by atoms with van der Waals surface area (Å²) in [7, 11) is 0. The first-order chi connectivity index (χ1) is 13.6. The van der Waals surface area contributed by atoms with Gasteiger partial charge in [0.25, 0.3) is 5.91 Å². The summed E-state index contributed by atoms with van der Waals surface area (Å²) < 4.78 is 5.39. The Morgan fingerprint density at radius 2 is 2.04 bits per heavy atom. The van der Waals surface area contributed by atoms with E-state index in [1.165, 1.54) is 0 Å². The van der Waals surface area contributed by atoms with Crippen molar-refractivity contribution >= 4 is 22.7 Å². The standard InChI is InChI=1S/C21H28N4O3/c1-16(26)25(9-8-23-10-12-28-13-11-23)19-5-7-24(15-19)21(27)18-3-2-17-4-6-22-20(17)14-18/h2-4,6,14,19,22H,5,7-13,15H2,1H3. The lowest BCUT2D eigenvalue weighted by atomic mass is 10.1. The molecule has 7 nitrogen and oxygen atoms in total. The fraction of sp³-hybridized carbons (Fsp3) is 0.524. The molecule has 7 heteroatoms. The number of carbonyl (C=O) groups is 2. The first-order valence-electron chi connectivity index (χ1n) is 10.1. The van der Waals surface area contributed by atoms with Crippen molar-refractivity contribution < 1.29 is 14.3 Å². The van der Waals surface area contributed by atoms with Crippen LogP contribution in [-0.2, 0) is 9.53 Å². The van der Waals surface area contributed by atoms with Gasteiger partial charge in [-0.2, -0.15) is 0 Å². The van der Waals surface area contributed by atoms with Gasteiger partial charge in [0.2, 0.25) is 5.91 Å². The Morgan fingerprint density at radius 3 is 2.82 bits per heavy atom. The van der Waals surface area contributed by atoms with Gasteiger partial charge in [-0.15, -0.1) is 0 Å². The molecule has 0 spiro atoms. The quantitative estimate of drug-likeness (QED) is 0.850. The van der Waals surface area contributed by atoms with Crippen molar-refractivity contribution in [2.24, 2.45) is 0 Å². The summed E-state index contributed by atoms with van der Waals surface area (Å²) >= 11 is 0. The number of morpholine rings is 1. The van der Waals surface area contributed by atoms with Gasteiger partial charge in [0.15, 0.2) is 0 Å². The van der Waals surface area contributed by atoms with Crippen molar-refractivity contribution in [2.45, 2.75) is 19.4 Å². The fourth-order valence-electron chi connectivity index (χ4n) is 4.22. The lowest BCUT2D eigenvalue weighted by Crippen LogP contribution is -2.47. The SMILES string of the molecule is CC(=O)N(CCN1CCOCC1)C1CCN(C(=O)c2ccc3cc[nH]c3c2)C1. The zero-order chi connectivity index (χ0) is 19.5. The first kappa shape index (κ1) is 19.0. The van der Waals surface area contributed by atoms with Gasteiger partial charge in [0.1, 0.15) is 0 Å². The molecule has 1 aromatic heterocycles. The molecule has 3 heterocycles. The molecule has 0 radical (unpaired) electrons. The number of aromatic nitrogens is 1. The van der Waals surface area contributed by atoms with Crippen LogP contribution in [0.5, 0.6) is 0 Å². The molecular weight excluding hydrogens is 356 g/mol. The number of hydrogen-bond acceptors (Lipinski definition) is 4. The Hall–Kier alpha value is -2.38. The van der Waals surface area contributed by atoms with E-state index in [2.05, 4.69) is 9.88 Å². The van der Waals surface area contributed by atoms with E-state index in [9.17, 15) is 9.59 Å². The molecule has 150 valence electrons. The second-order valence-corrected chi connectivity index (χ2v) is 7.64. The highest BCUT2D eigenvalue weighted by Gasteiger charge is 2.32. The number of carbonyl (C=O) groups excluding carboxylic acids is 2. The fourth-order valence-corrected chi connectivity index (χ4v) is 4.22. The van der Waals surface area contributed by atoms with Gasteiger partial charge in [-0.1, -0.05) is 6.07 Å². The summed E-state index contributed by atoms with van der Waals surface area (Å²) in [5, 5.41) is 1.10. The van der Waals surface area contributed by atoms with E-state index in [1.807, 2.05) is 40.3 Å². The lowest BCUT2D eigenvalue weighted by Gasteiger charge is -2.32. The number of nitrogens with zero attached hydrogens (tertiary/aromatic N) is 3. The van der Waals surface area contributed by atoms with Crippen LogP contribution in [0, 0.1) is 0 Å². The molecule has 0 saturated carbocycles. The molecule has 2 saturated heterocycles. The minimum absolute atomic E-state index is 0.0377. The molecule has 4 rings (SSSR count). The average molecular weight is 384 g/mol. The van der Waals surface area contributed by atoms with Crippen LogP contribution < -0.4 is 0 Å². The van der Waals surface area contributed by atoms with E-state index >= 15 is 0 Å². The third-order valence-electron chi connectivity index (χ3n) is 5.86. The Bertz CT molecular complexity index is 843. The summed E-state index contributed by atoms with van der Waals surface area (Å²) in [6.45, 7) is 7.84. The Morgan fingerprint density at radius 1 is 1.21 bits per heavy atom. The summed E-state index contributed by atoms with van der Waals surface area (Å²) in [5.41, 5.74) is 1.66. The van der Waals surface area contributed by atoms with Crippen LogP contribution in [0.15, 0.2) is 30.5 Å². The van der Waals surface area contributed by atoms with Gasteiger partial charge in [-0.3, -0.25) is 14.5 Å². The van der Waals surface area contributed by atoms with E-state index in [0.29, 0.717) is 25.2 Å². The lowest BCUT2D eigenvalue weighted by molar-refractivity contribution is -0.131. The second-order valence-electron chi connectivity index (χ2n) is 7.64. The molecule has 2 amide bonds. The number of hydrogen-bond donors (Lipinski definition) is 1. The molecule has 1 aromatic carbocycles. The number of amides is 2. The predicted molar refractivity (Wildman–Crippen MR) is 107 cm³/mol. The third kappa shape index (κ3) is 4.05. The van der Waals surface area contributed by atoms with Crippen LogP contribution in [0.1, 0.15) is 23.7 Å².